The molecule has 2 aromatic heterocycles. The van der Waals surface area contributed by atoms with Gasteiger partial charge in [-0.3, -0.25) is 4.79 Å². The summed E-state index contributed by atoms with van der Waals surface area (Å²) >= 11 is 0. The first kappa shape index (κ1) is 22.0. The number of pyridine rings is 1. The van der Waals surface area contributed by atoms with Gasteiger partial charge in [-0.15, -0.1) is 0 Å². The molecular weight excluding hydrogens is 408 g/mol. The highest BCUT2D eigenvalue weighted by Gasteiger charge is 2.26. The van der Waals surface area contributed by atoms with Gasteiger partial charge in [-0.05, 0) is 79.5 Å². The maximum Gasteiger partial charge on any atom is 0.227 e. The van der Waals surface area contributed by atoms with E-state index in [2.05, 4.69) is 60.3 Å². The van der Waals surface area contributed by atoms with Gasteiger partial charge in [0.1, 0.15) is 5.82 Å². The molecule has 1 saturated heterocycles. The third-order valence-corrected chi connectivity index (χ3v) is 7.34. The molecule has 0 atom stereocenters. The molecule has 1 amide bonds. The topological polar surface area (TPSA) is 41.4 Å². The average Bonchev–Trinajstić information content (AvgIpc) is 3.06. The predicted octanol–water partition coefficient (Wildman–Crippen LogP) is 4.69. The van der Waals surface area contributed by atoms with Gasteiger partial charge in [0.05, 0.1) is 11.9 Å². The van der Waals surface area contributed by atoms with Gasteiger partial charge in [0.25, 0.3) is 0 Å². The van der Waals surface area contributed by atoms with Crippen LogP contribution in [0.5, 0.6) is 0 Å². The second-order valence-electron chi connectivity index (χ2n) is 10.3. The van der Waals surface area contributed by atoms with Crippen molar-refractivity contribution in [3.63, 3.8) is 0 Å². The van der Waals surface area contributed by atoms with Crippen LogP contribution in [0.1, 0.15) is 48.2 Å². The van der Waals surface area contributed by atoms with Crippen LogP contribution in [-0.2, 0) is 30.6 Å². The molecule has 174 valence electrons. The Labute approximate surface area is 197 Å². The number of anilines is 1. The van der Waals surface area contributed by atoms with Gasteiger partial charge in [-0.1, -0.05) is 19.9 Å². The molecule has 1 fully saturated rings. The Hall–Kier alpha value is -2.82. The quantitative estimate of drug-likeness (QED) is 0.573. The van der Waals surface area contributed by atoms with Crippen LogP contribution in [0.3, 0.4) is 0 Å². The van der Waals surface area contributed by atoms with E-state index in [9.17, 15) is 4.79 Å². The zero-order valence-corrected chi connectivity index (χ0v) is 20.5. The molecule has 0 bridgehead atoms. The number of carbonyl (C=O) groups is 1. The first-order valence-corrected chi connectivity index (χ1v) is 12.5. The van der Waals surface area contributed by atoms with E-state index in [0.717, 1.165) is 51.4 Å². The van der Waals surface area contributed by atoms with Crippen molar-refractivity contribution in [2.24, 2.45) is 5.92 Å². The molecule has 0 radical (unpaired) electrons. The van der Waals surface area contributed by atoms with E-state index in [1.807, 2.05) is 17.2 Å². The van der Waals surface area contributed by atoms with Crippen LogP contribution in [0.25, 0.3) is 10.9 Å². The van der Waals surface area contributed by atoms with Gasteiger partial charge < -0.3 is 14.4 Å². The van der Waals surface area contributed by atoms with Crippen molar-refractivity contribution in [1.82, 2.24) is 14.5 Å². The van der Waals surface area contributed by atoms with Crippen molar-refractivity contribution in [2.75, 3.05) is 31.1 Å². The monoisotopic (exact) mass is 444 g/mol. The van der Waals surface area contributed by atoms with Crippen molar-refractivity contribution in [1.29, 1.82) is 0 Å². The summed E-state index contributed by atoms with van der Waals surface area (Å²) < 4.78 is 2.47. The van der Waals surface area contributed by atoms with E-state index < -0.39 is 0 Å². The van der Waals surface area contributed by atoms with Gasteiger partial charge in [0.15, 0.2) is 0 Å². The molecule has 4 heterocycles. The number of piperazine rings is 1. The minimum absolute atomic E-state index is 0.254. The highest BCUT2D eigenvalue weighted by molar-refractivity contribution is 5.93. The third-order valence-electron chi connectivity index (χ3n) is 7.34. The summed E-state index contributed by atoms with van der Waals surface area (Å²) in [7, 11) is 0. The minimum Gasteiger partial charge on any atom is -0.353 e. The lowest BCUT2D eigenvalue weighted by molar-refractivity contribution is -0.130. The molecular formula is C28H36N4O. The lowest BCUT2D eigenvalue weighted by atomic mass is 9.94. The third kappa shape index (κ3) is 4.25. The van der Waals surface area contributed by atoms with Crippen LogP contribution in [0.2, 0.25) is 0 Å². The van der Waals surface area contributed by atoms with E-state index in [0.29, 0.717) is 12.3 Å². The number of hydrogen-bond acceptors (Lipinski definition) is 3. The number of aromatic nitrogens is 2. The lowest BCUT2D eigenvalue weighted by Gasteiger charge is -2.35. The van der Waals surface area contributed by atoms with Crippen molar-refractivity contribution in [2.45, 2.75) is 59.9 Å². The van der Waals surface area contributed by atoms with E-state index in [1.165, 1.54) is 45.3 Å². The molecule has 1 aromatic carbocycles. The van der Waals surface area contributed by atoms with Gasteiger partial charge in [-0.2, -0.15) is 0 Å². The molecule has 5 nitrogen and oxygen atoms in total. The summed E-state index contributed by atoms with van der Waals surface area (Å²) in [5.41, 5.74) is 8.01. The number of hydrogen-bond donors (Lipinski definition) is 0. The zero-order valence-electron chi connectivity index (χ0n) is 20.5. The highest BCUT2D eigenvalue weighted by atomic mass is 16.2. The Bertz CT molecular complexity index is 1180. The fraction of sp³-hybridized carbons (Fsp3) is 0.500. The van der Waals surface area contributed by atoms with Crippen LogP contribution >= 0.6 is 0 Å². The van der Waals surface area contributed by atoms with Crippen LogP contribution in [0.4, 0.5) is 5.82 Å². The summed E-state index contributed by atoms with van der Waals surface area (Å²) in [6.45, 7) is 13.1. The van der Waals surface area contributed by atoms with E-state index in [-0.39, 0.29) is 5.91 Å². The smallest absolute Gasteiger partial charge is 0.227 e. The van der Waals surface area contributed by atoms with Gasteiger partial charge in [0, 0.05) is 50.0 Å². The number of benzene rings is 1. The van der Waals surface area contributed by atoms with E-state index >= 15 is 0 Å². The second kappa shape index (κ2) is 8.85. The number of nitrogens with zero attached hydrogens (tertiary/aromatic N) is 4. The van der Waals surface area contributed by atoms with Gasteiger partial charge >= 0.3 is 0 Å². The van der Waals surface area contributed by atoms with Gasteiger partial charge in [-0.25, -0.2) is 4.98 Å². The summed E-state index contributed by atoms with van der Waals surface area (Å²) in [6, 6.07) is 8.94. The molecule has 5 heteroatoms. The number of amides is 1. The number of carbonyl (C=O) groups excluding carboxylic acids is 1. The second-order valence-corrected chi connectivity index (χ2v) is 10.3. The van der Waals surface area contributed by atoms with Crippen molar-refractivity contribution < 1.29 is 4.79 Å². The van der Waals surface area contributed by atoms with Crippen molar-refractivity contribution in [3.8, 4) is 0 Å². The summed E-state index contributed by atoms with van der Waals surface area (Å²) in [4.78, 5) is 22.3. The Kier molecular flexibility index (Phi) is 5.90. The van der Waals surface area contributed by atoms with Crippen LogP contribution in [0, 0.1) is 19.8 Å². The van der Waals surface area contributed by atoms with Crippen LogP contribution < -0.4 is 4.90 Å². The predicted molar refractivity (Wildman–Crippen MR) is 135 cm³/mol. The summed E-state index contributed by atoms with van der Waals surface area (Å²) in [6.07, 6.45) is 5.80. The molecule has 0 saturated carbocycles. The van der Waals surface area contributed by atoms with Gasteiger partial charge in [0.2, 0.25) is 5.91 Å². The minimum atomic E-state index is 0.254. The molecule has 2 aliphatic heterocycles. The maximum atomic E-state index is 13.4. The molecule has 5 rings (SSSR count). The van der Waals surface area contributed by atoms with Crippen molar-refractivity contribution in [3.05, 3.63) is 58.4 Å². The molecule has 0 N–H and O–H groups in total. The normalized spacial score (nSPS) is 16.2. The molecule has 0 aliphatic carbocycles. The SMILES string of the molecule is Cc1ccnc(N2CCN(C(=O)Cc3c(C)n4c5c(cc(CC(C)C)cc35)CCC4)CC2)c1. The van der Waals surface area contributed by atoms with E-state index in [4.69, 9.17) is 0 Å². The number of rotatable bonds is 5. The fourth-order valence-electron chi connectivity index (χ4n) is 5.69. The maximum absolute atomic E-state index is 13.4. The summed E-state index contributed by atoms with van der Waals surface area (Å²) in [5.74, 6) is 1.90. The lowest BCUT2D eigenvalue weighted by Crippen LogP contribution is -2.49. The fourth-order valence-corrected chi connectivity index (χ4v) is 5.69. The molecule has 0 spiro atoms. The zero-order chi connectivity index (χ0) is 23.1. The van der Waals surface area contributed by atoms with Crippen LogP contribution in [0.15, 0.2) is 30.5 Å². The first-order valence-electron chi connectivity index (χ1n) is 12.5. The standard InChI is InChI=1S/C28H36N4O/c1-19(2)14-22-16-23-6-5-9-32-21(4)24(25(17-22)28(23)32)18-27(33)31-12-10-30(11-13-31)26-15-20(3)7-8-29-26/h7-8,15-17,19H,5-6,9-14,18H2,1-4H3. The van der Waals surface area contributed by atoms with E-state index in [1.54, 1.807) is 0 Å². The molecule has 3 aromatic rings. The van der Waals surface area contributed by atoms with Crippen molar-refractivity contribution >= 4 is 22.6 Å². The Morgan fingerprint density at radius 2 is 1.85 bits per heavy atom. The first-order chi connectivity index (χ1) is 15.9. The number of aryl methyl sites for hydroxylation is 3. The molecule has 33 heavy (non-hydrogen) atoms. The highest BCUT2D eigenvalue weighted by Crippen LogP contribution is 2.35. The largest absolute Gasteiger partial charge is 0.353 e. The Balaban J connectivity index is 1.36. The summed E-state index contributed by atoms with van der Waals surface area (Å²) in [5, 5.41) is 1.32. The average molecular weight is 445 g/mol. The Morgan fingerprint density at radius 3 is 2.58 bits per heavy atom. The Morgan fingerprint density at radius 1 is 1.06 bits per heavy atom. The van der Waals surface area contributed by atoms with Crippen LogP contribution in [-0.4, -0.2) is 46.5 Å². The molecule has 2 aliphatic rings. The molecule has 0 unspecified atom stereocenters.